The number of rotatable bonds is 2. The fourth-order valence-corrected chi connectivity index (χ4v) is 2.95. The lowest BCUT2D eigenvalue weighted by Crippen LogP contribution is -2.43. The van der Waals surface area contributed by atoms with E-state index in [1.807, 2.05) is 0 Å². The molecule has 3 nitrogen and oxygen atoms in total. The van der Waals surface area contributed by atoms with Crippen molar-refractivity contribution < 1.29 is 4.79 Å². The quantitative estimate of drug-likeness (QED) is 0.851. The molecule has 1 fully saturated rings. The van der Waals surface area contributed by atoms with Gasteiger partial charge in [0.15, 0.2) is 0 Å². The maximum absolute atomic E-state index is 12.2. The van der Waals surface area contributed by atoms with Gasteiger partial charge >= 0.3 is 0 Å². The Kier molecular flexibility index (Phi) is 4.38. The molecule has 1 aromatic rings. The van der Waals surface area contributed by atoms with Crippen LogP contribution in [0.5, 0.6) is 0 Å². The first-order chi connectivity index (χ1) is 8.58. The molecule has 4 heteroatoms. The van der Waals surface area contributed by atoms with E-state index < -0.39 is 0 Å². The van der Waals surface area contributed by atoms with Crippen molar-refractivity contribution in [2.24, 2.45) is 11.8 Å². The molecule has 0 aliphatic heterocycles. The Labute approximate surface area is 117 Å². The Morgan fingerprint density at radius 2 is 2.22 bits per heavy atom. The molecule has 98 valence electrons. The number of hydrogen-bond donors (Lipinski definition) is 1. The van der Waals surface area contributed by atoms with Gasteiger partial charge < -0.3 is 5.32 Å². The van der Waals surface area contributed by atoms with Gasteiger partial charge in [0, 0.05) is 17.8 Å². The second-order valence-electron chi connectivity index (χ2n) is 5.21. The minimum absolute atomic E-state index is 0.00375. The highest BCUT2D eigenvalue weighted by Gasteiger charge is 2.28. The second kappa shape index (κ2) is 5.83. The maximum Gasteiger partial charge on any atom is 0.251 e. The molecule has 0 radical (unpaired) electrons. The van der Waals surface area contributed by atoms with Crippen molar-refractivity contribution in [2.45, 2.75) is 39.2 Å². The van der Waals surface area contributed by atoms with Crippen molar-refractivity contribution in [1.82, 2.24) is 10.3 Å². The third-order valence-corrected chi connectivity index (χ3v) is 4.45. The zero-order chi connectivity index (χ0) is 13.1. The van der Waals surface area contributed by atoms with Crippen LogP contribution in [0.3, 0.4) is 0 Å². The molecule has 1 heterocycles. The number of hydrogen-bond acceptors (Lipinski definition) is 2. The first-order valence-corrected chi connectivity index (χ1v) is 7.29. The van der Waals surface area contributed by atoms with Gasteiger partial charge in [-0.15, -0.1) is 0 Å². The fraction of sp³-hybridized carbons (Fsp3) is 0.571. The lowest BCUT2D eigenvalue weighted by Gasteiger charge is -2.34. The number of aromatic nitrogens is 1. The minimum atomic E-state index is 0.00375. The van der Waals surface area contributed by atoms with Crippen LogP contribution in [0, 0.1) is 11.8 Å². The van der Waals surface area contributed by atoms with Crippen LogP contribution in [0.4, 0.5) is 0 Å². The summed E-state index contributed by atoms with van der Waals surface area (Å²) < 4.78 is 0.695. The van der Waals surface area contributed by atoms with Gasteiger partial charge in [0.1, 0.15) is 4.60 Å². The molecule has 1 aliphatic carbocycles. The Morgan fingerprint density at radius 1 is 1.44 bits per heavy atom. The highest BCUT2D eigenvalue weighted by Crippen LogP contribution is 2.29. The fourth-order valence-electron chi connectivity index (χ4n) is 2.58. The standard InChI is InChI=1S/C14H19BrN2O/c1-9-4-3-5-12(10(9)2)17-14(18)11-6-7-16-13(15)8-11/h6-10,12H,3-5H2,1-2H3,(H,17,18). The highest BCUT2D eigenvalue weighted by atomic mass is 79.9. The topological polar surface area (TPSA) is 42.0 Å². The Bertz CT molecular complexity index is 436. The summed E-state index contributed by atoms with van der Waals surface area (Å²) in [6.07, 6.45) is 5.21. The summed E-state index contributed by atoms with van der Waals surface area (Å²) in [5.41, 5.74) is 0.669. The Morgan fingerprint density at radius 3 is 2.94 bits per heavy atom. The van der Waals surface area contributed by atoms with Crippen molar-refractivity contribution in [3.63, 3.8) is 0 Å². The van der Waals surface area contributed by atoms with Crippen molar-refractivity contribution in [3.8, 4) is 0 Å². The van der Waals surface area contributed by atoms with Crippen LogP contribution in [0.2, 0.25) is 0 Å². The lowest BCUT2D eigenvalue weighted by atomic mass is 9.78. The maximum atomic E-state index is 12.2. The van der Waals surface area contributed by atoms with E-state index in [-0.39, 0.29) is 5.91 Å². The molecule has 2 rings (SSSR count). The van der Waals surface area contributed by atoms with E-state index in [1.54, 1.807) is 18.3 Å². The minimum Gasteiger partial charge on any atom is -0.349 e. The van der Waals surface area contributed by atoms with Crippen LogP contribution in [0.25, 0.3) is 0 Å². The van der Waals surface area contributed by atoms with Gasteiger partial charge in [0.2, 0.25) is 0 Å². The number of carbonyl (C=O) groups is 1. The third kappa shape index (κ3) is 3.10. The normalized spacial score (nSPS) is 27.8. The van der Waals surface area contributed by atoms with Gasteiger partial charge in [-0.25, -0.2) is 4.98 Å². The highest BCUT2D eigenvalue weighted by molar-refractivity contribution is 9.10. The summed E-state index contributed by atoms with van der Waals surface area (Å²) in [6.45, 7) is 4.50. The average molecular weight is 311 g/mol. The summed E-state index contributed by atoms with van der Waals surface area (Å²) in [5.74, 6) is 1.24. The van der Waals surface area contributed by atoms with E-state index in [2.05, 4.69) is 40.1 Å². The van der Waals surface area contributed by atoms with Crippen molar-refractivity contribution in [1.29, 1.82) is 0 Å². The summed E-state index contributed by atoms with van der Waals surface area (Å²) in [5, 5.41) is 3.16. The largest absolute Gasteiger partial charge is 0.349 e. The number of nitrogens with one attached hydrogen (secondary N) is 1. The zero-order valence-corrected chi connectivity index (χ0v) is 12.4. The van der Waals surface area contributed by atoms with Gasteiger partial charge in [0.05, 0.1) is 0 Å². The van der Waals surface area contributed by atoms with Crippen LogP contribution in [-0.2, 0) is 0 Å². The first-order valence-electron chi connectivity index (χ1n) is 6.50. The van der Waals surface area contributed by atoms with Crippen LogP contribution in [0.1, 0.15) is 43.5 Å². The lowest BCUT2D eigenvalue weighted by molar-refractivity contribution is 0.0891. The molecule has 1 saturated carbocycles. The predicted molar refractivity (Wildman–Crippen MR) is 75.4 cm³/mol. The third-order valence-electron chi connectivity index (χ3n) is 4.01. The van der Waals surface area contributed by atoms with E-state index in [1.165, 1.54) is 12.8 Å². The Balaban J connectivity index is 2.03. The summed E-state index contributed by atoms with van der Waals surface area (Å²) in [4.78, 5) is 16.2. The molecule has 1 aliphatic rings. The van der Waals surface area contributed by atoms with E-state index >= 15 is 0 Å². The van der Waals surface area contributed by atoms with Gasteiger partial charge in [-0.2, -0.15) is 0 Å². The number of amides is 1. The van der Waals surface area contributed by atoms with Crippen molar-refractivity contribution in [2.75, 3.05) is 0 Å². The van der Waals surface area contributed by atoms with E-state index in [0.717, 1.165) is 6.42 Å². The number of halogens is 1. The predicted octanol–water partition coefficient (Wildman–Crippen LogP) is 3.40. The monoisotopic (exact) mass is 310 g/mol. The van der Waals surface area contributed by atoms with Crippen molar-refractivity contribution >= 4 is 21.8 Å². The van der Waals surface area contributed by atoms with Crippen LogP contribution >= 0.6 is 15.9 Å². The average Bonchev–Trinajstić information content (AvgIpc) is 2.35. The van der Waals surface area contributed by atoms with Crippen LogP contribution in [-0.4, -0.2) is 16.9 Å². The molecule has 0 bridgehead atoms. The summed E-state index contributed by atoms with van der Waals surface area (Å²) >= 11 is 3.29. The molecule has 1 amide bonds. The molecule has 1 aromatic heterocycles. The molecule has 1 N–H and O–H groups in total. The zero-order valence-electron chi connectivity index (χ0n) is 10.8. The van der Waals surface area contributed by atoms with Crippen LogP contribution < -0.4 is 5.32 Å². The van der Waals surface area contributed by atoms with E-state index in [4.69, 9.17) is 0 Å². The number of nitrogens with zero attached hydrogens (tertiary/aromatic N) is 1. The SMILES string of the molecule is CC1CCCC(NC(=O)c2ccnc(Br)c2)C1C. The number of carbonyl (C=O) groups excluding carboxylic acids is 1. The smallest absolute Gasteiger partial charge is 0.251 e. The molecule has 3 atom stereocenters. The van der Waals surface area contributed by atoms with Gasteiger partial charge in [-0.1, -0.05) is 26.7 Å². The van der Waals surface area contributed by atoms with E-state index in [9.17, 15) is 4.79 Å². The van der Waals surface area contributed by atoms with Crippen LogP contribution in [0.15, 0.2) is 22.9 Å². The molecule has 3 unspecified atom stereocenters. The van der Waals surface area contributed by atoms with Gasteiger partial charge in [-0.3, -0.25) is 4.79 Å². The van der Waals surface area contributed by atoms with Crippen molar-refractivity contribution in [3.05, 3.63) is 28.5 Å². The molecule has 18 heavy (non-hydrogen) atoms. The summed E-state index contributed by atoms with van der Waals surface area (Å²) in [6, 6.07) is 3.80. The van der Waals surface area contributed by atoms with Gasteiger partial charge in [0.25, 0.3) is 5.91 Å². The van der Waals surface area contributed by atoms with E-state index in [0.29, 0.717) is 28.0 Å². The molecule has 0 spiro atoms. The van der Waals surface area contributed by atoms with Gasteiger partial charge in [-0.05, 0) is 46.3 Å². The second-order valence-corrected chi connectivity index (χ2v) is 6.03. The Hall–Kier alpha value is -0.900. The summed E-state index contributed by atoms with van der Waals surface area (Å²) in [7, 11) is 0. The molecular weight excluding hydrogens is 292 g/mol. The molecule has 0 saturated heterocycles. The first kappa shape index (κ1) is 13.5. The molecular formula is C14H19BrN2O. The molecule has 0 aromatic carbocycles. The number of pyridine rings is 1.